The van der Waals surface area contributed by atoms with Crippen molar-refractivity contribution in [1.29, 1.82) is 0 Å². The van der Waals surface area contributed by atoms with Crippen LogP contribution in [0.2, 0.25) is 0 Å². The molecule has 1 fully saturated rings. The van der Waals surface area contributed by atoms with Crippen molar-refractivity contribution >= 4 is 18.1 Å². The van der Waals surface area contributed by atoms with E-state index >= 15 is 0 Å². The summed E-state index contributed by atoms with van der Waals surface area (Å²) < 4.78 is 16.5. The summed E-state index contributed by atoms with van der Waals surface area (Å²) in [4.78, 5) is 26.2. The number of carbonyl (C=O) groups is 2. The summed E-state index contributed by atoms with van der Waals surface area (Å²) in [6.45, 7) is 6.55. The molecule has 0 aromatic heterocycles. The molecule has 1 aliphatic heterocycles. The Labute approximate surface area is 189 Å². The standard InChI is InChI=1S/C26H31NO5/c1-26(2,3)32-25(29)27-17-23(31-18-20-8-6-5-7-9-20)16-22(27)15-12-19-10-13-21(14-11-19)24(28)30-4/h5-15,22-23H,16-18H2,1-4H3/b15-12+/t22-,23-/m1/s1. The Morgan fingerprint density at radius 2 is 1.75 bits per heavy atom. The van der Waals surface area contributed by atoms with Crippen molar-refractivity contribution in [3.8, 4) is 0 Å². The molecule has 32 heavy (non-hydrogen) atoms. The number of hydrogen-bond acceptors (Lipinski definition) is 5. The molecule has 2 aromatic carbocycles. The topological polar surface area (TPSA) is 65.1 Å². The Hall–Kier alpha value is -3.12. The second-order valence-corrected chi connectivity index (χ2v) is 8.83. The average molecular weight is 438 g/mol. The van der Waals surface area contributed by atoms with Gasteiger partial charge >= 0.3 is 12.1 Å². The summed E-state index contributed by atoms with van der Waals surface area (Å²) >= 11 is 0. The molecule has 2 aromatic rings. The first kappa shape index (κ1) is 23.5. The Balaban J connectivity index is 1.70. The molecule has 170 valence electrons. The van der Waals surface area contributed by atoms with Gasteiger partial charge in [0, 0.05) is 0 Å². The maximum absolute atomic E-state index is 12.8. The second kappa shape index (κ2) is 10.5. The third kappa shape index (κ3) is 6.69. The molecule has 0 unspecified atom stereocenters. The van der Waals surface area contributed by atoms with E-state index in [1.54, 1.807) is 17.0 Å². The molecule has 1 aliphatic rings. The van der Waals surface area contributed by atoms with Crippen molar-refractivity contribution in [2.75, 3.05) is 13.7 Å². The minimum Gasteiger partial charge on any atom is -0.465 e. The van der Waals surface area contributed by atoms with Crippen LogP contribution in [-0.4, -0.2) is 48.4 Å². The molecule has 1 saturated heterocycles. The summed E-state index contributed by atoms with van der Waals surface area (Å²) in [6.07, 6.45) is 4.19. The van der Waals surface area contributed by atoms with Crippen LogP contribution in [0.15, 0.2) is 60.7 Å². The Morgan fingerprint density at radius 1 is 1.06 bits per heavy atom. The van der Waals surface area contributed by atoms with Crippen molar-refractivity contribution in [1.82, 2.24) is 4.90 Å². The van der Waals surface area contributed by atoms with E-state index in [9.17, 15) is 9.59 Å². The van der Waals surface area contributed by atoms with Gasteiger partial charge in [-0.1, -0.05) is 54.6 Å². The van der Waals surface area contributed by atoms with Crippen molar-refractivity contribution in [3.05, 3.63) is 77.4 Å². The number of benzene rings is 2. The number of ether oxygens (including phenoxy) is 3. The zero-order valence-electron chi connectivity index (χ0n) is 19.1. The van der Waals surface area contributed by atoms with Gasteiger partial charge in [0.1, 0.15) is 5.60 Å². The van der Waals surface area contributed by atoms with Crippen LogP contribution in [0, 0.1) is 0 Å². The fourth-order valence-corrected chi connectivity index (χ4v) is 3.52. The van der Waals surface area contributed by atoms with Crippen molar-refractivity contribution in [2.24, 2.45) is 0 Å². The smallest absolute Gasteiger partial charge is 0.410 e. The van der Waals surface area contributed by atoms with E-state index in [1.807, 2.05) is 75.4 Å². The van der Waals surface area contributed by atoms with Gasteiger partial charge in [-0.25, -0.2) is 9.59 Å². The second-order valence-electron chi connectivity index (χ2n) is 8.83. The summed E-state index contributed by atoms with van der Waals surface area (Å²) in [5, 5.41) is 0. The van der Waals surface area contributed by atoms with Gasteiger partial charge in [0.25, 0.3) is 0 Å². The van der Waals surface area contributed by atoms with Gasteiger partial charge in [-0.2, -0.15) is 0 Å². The summed E-state index contributed by atoms with van der Waals surface area (Å²) in [5.74, 6) is -0.370. The zero-order chi connectivity index (χ0) is 23.1. The lowest BCUT2D eigenvalue weighted by atomic mass is 10.1. The number of hydrogen-bond donors (Lipinski definition) is 0. The van der Waals surface area contributed by atoms with E-state index in [-0.39, 0.29) is 24.2 Å². The van der Waals surface area contributed by atoms with Crippen LogP contribution in [0.3, 0.4) is 0 Å². The van der Waals surface area contributed by atoms with Gasteiger partial charge in [0.2, 0.25) is 0 Å². The third-order valence-electron chi connectivity index (χ3n) is 5.10. The molecule has 0 radical (unpaired) electrons. The molecular formula is C26H31NO5. The van der Waals surface area contributed by atoms with Gasteiger partial charge in [-0.15, -0.1) is 0 Å². The van der Waals surface area contributed by atoms with Crippen LogP contribution in [0.1, 0.15) is 48.7 Å². The fourth-order valence-electron chi connectivity index (χ4n) is 3.52. The lowest BCUT2D eigenvalue weighted by Crippen LogP contribution is -2.39. The molecule has 1 heterocycles. The largest absolute Gasteiger partial charge is 0.465 e. The number of likely N-dealkylation sites (tertiary alicyclic amines) is 1. The quantitative estimate of drug-likeness (QED) is 0.590. The highest BCUT2D eigenvalue weighted by Gasteiger charge is 2.36. The van der Waals surface area contributed by atoms with E-state index in [0.717, 1.165) is 11.1 Å². The SMILES string of the molecule is COC(=O)c1ccc(/C=C/[C@@H]2C[C@@H](OCc3ccccc3)CN2C(=O)OC(C)(C)C)cc1. The molecule has 0 N–H and O–H groups in total. The molecule has 0 spiro atoms. The van der Waals surface area contributed by atoms with Gasteiger partial charge in [-0.05, 0) is 50.5 Å². The fraction of sp³-hybridized carbons (Fsp3) is 0.385. The van der Waals surface area contributed by atoms with E-state index in [1.165, 1.54) is 7.11 Å². The number of nitrogens with zero attached hydrogens (tertiary/aromatic N) is 1. The zero-order valence-corrected chi connectivity index (χ0v) is 19.1. The minimum absolute atomic E-state index is 0.0842. The summed E-state index contributed by atoms with van der Waals surface area (Å²) in [5.41, 5.74) is 1.95. The molecule has 0 saturated carbocycles. The normalized spacial score (nSPS) is 18.7. The maximum atomic E-state index is 12.8. The van der Waals surface area contributed by atoms with Gasteiger partial charge in [0.15, 0.2) is 0 Å². The molecule has 0 aliphatic carbocycles. The number of rotatable bonds is 6. The van der Waals surface area contributed by atoms with Crippen molar-refractivity contribution in [2.45, 2.75) is 51.5 Å². The van der Waals surface area contributed by atoms with Gasteiger partial charge in [0.05, 0.1) is 38.0 Å². The van der Waals surface area contributed by atoms with Crippen LogP contribution in [0.4, 0.5) is 4.79 Å². The van der Waals surface area contributed by atoms with E-state index in [2.05, 4.69) is 0 Å². The molecule has 3 rings (SSSR count). The lowest BCUT2D eigenvalue weighted by molar-refractivity contribution is 0.0165. The summed E-state index contributed by atoms with van der Waals surface area (Å²) in [7, 11) is 1.36. The van der Waals surface area contributed by atoms with Crippen molar-refractivity contribution < 1.29 is 23.8 Å². The van der Waals surface area contributed by atoms with Crippen molar-refractivity contribution in [3.63, 3.8) is 0 Å². The van der Waals surface area contributed by atoms with Gasteiger partial charge < -0.3 is 14.2 Å². The van der Waals surface area contributed by atoms with Crippen LogP contribution in [-0.2, 0) is 20.8 Å². The third-order valence-corrected chi connectivity index (χ3v) is 5.10. The van der Waals surface area contributed by atoms with Crippen LogP contribution in [0.5, 0.6) is 0 Å². The molecule has 6 heteroatoms. The highest BCUT2D eigenvalue weighted by molar-refractivity contribution is 5.89. The monoisotopic (exact) mass is 437 g/mol. The summed E-state index contributed by atoms with van der Waals surface area (Å²) in [6, 6.07) is 17.0. The lowest BCUT2D eigenvalue weighted by Gasteiger charge is -2.27. The number of carbonyl (C=O) groups excluding carboxylic acids is 2. The Morgan fingerprint density at radius 3 is 2.38 bits per heavy atom. The molecular weight excluding hydrogens is 406 g/mol. The van der Waals surface area contributed by atoms with Gasteiger partial charge in [-0.3, -0.25) is 4.90 Å². The van der Waals surface area contributed by atoms with E-state index in [0.29, 0.717) is 25.1 Å². The molecule has 6 nitrogen and oxygen atoms in total. The Bertz CT molecular complexity index is 931. The van der Waals surface area contributed by atoms with E-state index < -0.39 is 5.60 Å². The minimum atomic E-state index is -0.571. The first-order valence-corrected chi connectivity index (χ1v) is 10.8. The number of amides is 1. The predicted octanol–water partition coefficient (Wildman–Crippen LogP) is 5.08. The molecule has 1 amide bonds. The van der Waals surface area contributed by atoms with Crippen LogP contribution < -0.4 is 0 Å². The maximum Gasteiger partial charge on any atom is 0.410 e. The molecule has 0 bridgehead atoms. The Kier molecular flexibility index (Phi) is 7.70. The molecule has 2 atom stereocenters. The first-order chi connectivity index (χ1) is 15.2. The van der Waals surface area contributed by atoms with Crippen LogP contribution >= 0.6 is 0 Å². The number of methoxy groups -OCH3 is 1. The first-order valence-electron chi connectivity index (χ1n) is 10.8. The number of esters is 1. The predicted molar refractivity (Wildman–Crippen MR) is 123 cm³/mol. The van der Waals surface area contributed by atoms with Crippen LogP contribution in [0.25, 0.3) is 6.08 Å². The van der Waals surface area contributed by atoms with E-state index in [4.69, 9.17) is 14.2 Å². The average Bonchev–Trinajstić information content (AvgIpc) is 3.19. The highest BCUT2D eigenvalue weighted by atomic mass is 16.6. The highest BCUT2D eigenvalue weighted by Crippen LogP contribution is 2.25.